The quantitative estimate of drug-likeness (QED) is 0.832. The van der Waals surface area contributed by atoms with E-state index in [-0.39, 0.29) is 11.8 Å². The summed E-state index contributed by atoms with van der Waals surface area (Å²) in [6, 6.07) is 5.91. The van der Waals surface area contributed by atoms with Crippen molar-refractivity contribution in [2.45, 2.75) is 25.7 Å². The lowest BCUT2D eigenvalue weighted by Gasteiger charge is -2.28. The van der Waals surface area contributed by atoms with Gasteiger partial charge in [-0.1, -0.05) is 13.0 Å². The molecule has 0 aliphatic heterocycles. The maximum absolute atomic E-state index is 11.1. The Hall–Kier alpha value is -1.51. The molecule has 0 heterocycles. The van der Waals surface area contributed by atoms with Gasteiger partial charge in [-0.15, -0.1) is 0 Å². The number of carbonyl (C=O) groups is 1. The van der Waals surface area contributed by atoms with Gasteiger partial charge in [0.15, 0.2) is 0 Å². The maximum atomic E-state index is 11.1. The number of benzene rings is 1. The van der Waals surface area contributed by atoms with E-state index in [1.54, 1.807) is 7.11 Å². The normalized spacial score (nSPS) is 23.6. The minimum atomic E-state index is -0.686. The van der Waals surface area contributed by atoms with E-state index in [1.807, 2.05) is 25.1 Å². The molecule has 0 aromatic heterocycles. The van der Waals surface area contributed by atoms with Gasteiger partial charge in [0.25, 0.3) is 0 Å². The molecule has 1 aromatic rings. The monoisotopic (exact) mass is 220 g/mol. The van der Waals surface area contributed by atoms with E-state index in [9.17, 15) is 4.79 Å². The molecule has 86 valence electrons. The fourth-order valence-corrected chi connectivity index (χ4v) is 2.48. The number of hydrogen-bond donors (Lipinski definition) is 1. The van der Waals surface area contributed by atoms with Gasteiger partial charge in [-0.05, 0) is 42.0 Å². The Kier molecular flexibility index (Phi) is 2.86. The Morgan fingerprint density at radius 3 is 2.88 bits per heavy atom. The van der Waals surface area contributed by atoms with Crippen LogP contribution in [0, 0.1) is 5.92 Å². The highest BCUT2D eigenvalue weighted by molar-refractivity contribution is 5.72. The van der Waals surface area contributed by atoms with Crippen LogP contribution < -0.4 is 4.74 Å². The second kappa shape index (κ2) is 4.16. The van der Waals surface area contributed by atoms with Crippen LogP contribution in [0.25, 0.3) is 0 Å². The number of fused-ring (bicyclic) bond motifs is 1. The predicted molar refractivity (Wildman–Crippen MR) is 60.9 cm³/mol. The van der Waals surface area contributed by atoms with Crippen molar-refractivity contribution in [2.75, 3.05) is 7.11 Å². The van der Waals surface area contributed by atoms with Crippen molar-refractivity contribution >= 4 is 5.97 Å². The number of hydrogen-bond acceptors (Lipinski definition) is 2. The van der Waals surface area contributed by atoms with Crippen molar-refractivity contribution in [2.24, 2.45) is 5.92 Å². The number of ether oxygens (including phenoxy) is 1. The van der Waals surface area contributed by atoms with E-state index >= 15 is 0 Å². The first-order valence-corrected chi connectivity index (χ1v) is 5.53. The zero-order valence-corrected chi connectivity index (χ0v) is 9.56. The third kappa shape index (κ3) is 1.77. The molecule has 2 rings (SSSR count). The van der Waals surface area contributed by atoms with Gasteiger partial charge in [0.2, 0.25) is 0 Å². The number of aliphatic carboxylic acids is 1. The molecule has 16 heavy (non-hydrogen) atoms. The van der Waals surface area contributed by atoms with Crippen LogP contribution in [0.5, 0.6) is 5.75 Å². The average Bonchev–Trinajstić information content (AvgIpc) is 2.28. The van der Waals surface area contributed by atoms with Crippen molar-refractivity contribution in [1.29, 1.82) is 0 Å². The summed E-state index contributed by atoms with van der Waals surface area (Å²) < 4.78 is 5.17. The first kappa shape index (κ1) is 11.0. The molecule has 0 saturated carbocycles. The van der Waals surface area contributed by atoms with Crippen LogP contribution in [0.1, 0.15) is 30.4 Å². The van der Waals surface area contributed by atoms with E-state index in [4.69, 9.17) is 9.84 Å². The Morgan fingerprint density at radius 2 is 2.25 bits per heavy atom. The molecule has 0 spiro atoms. The molecule has 2 unspecified atom stereocenters. The number of methoxy groups -OCH3 is 1. The van der Waals surface area contributed by atoms with E-state index in [1.165, 1.54) is 5.56 Å². The molecule has 0 bridgehead atoms. The highest BCUT2D eigenvalue weighted by Gasteiger charge is 2.31. The van der Waals surface area contributed by atoms with Gasteiger partial charge in [-0.25, -0.2) is 0 Å². The lowest BCUT2D eigenvalue weighted by Crippen LogP contribution is -2.25. The lowest BCUT2D eigenvalue weighted by molar-refractivity contribution is -0.142. The van der Waals surface area contributed by atoms with Gasteiger partial charge in [0.1, 0.15) is 5.75 Å². The van der Waals surface area contributed by atoms with Crippen molar-refractivity contribution in [3.63, 3.8) is 0 Å². The summed E-state index contributed by atoms with van der Waals surface area (Å²) in [5.41, 5.74) is 2.38. The molecule has 2 atom stereocenters. The molecule has 0 radical (unpaired) electrons. The van der Waals surface area contributed by atoms with Crippen molar-refractivity contribution < 1.29 is 14.6 Å². The number of carboxylic acid groups (broad SMARTS) is 1. The fraction of sp³-hybridized carbons (Fsp3) is 0.462. The van der Waals surface area contributed by atoms with E-state index < -0.39 is 5.97 Å². The number of carboxylic acids is 1. The summed E-state index contributed by atoms with van der Waals surface area (Å²) in [5, 5.41) is 9.11. The standard InChI is InChI=1S/C13H16O3/c1-8-11-6-4-10(16-2)7-9(11)3-5-12(8)13(14)15/h4,6-8,12H,3,5H2,1-2H3,(H,14,15). The first-order valence-electron chi connectivity index (χ1n) is 5.53. The van der Waals surface area contributed by atoms with E-state index in [2.05, 4.69) is 0 Å². The van der Waals surface area contributed by atoms with Crippen molar-refractivity contribution in [1.82, 2.24) is 0 Å². The van der Waals surface area contributed by atoms with Crippen LogP contribution in [-0.2, 0) is 11.2 Å². The third-order valence-corrected chi connectivity index (χ3v) is 3.49. The van der Waals surface area contributed by atoms with Crippen LogP contribution >= 0.6 is 0 Å². The zero-order valence-electron chi connectivity index (χ0n) is 9.56. The third-order valence-electron chi connectivity index (χ3n) is 3.49. The van der Waals surface area contributed by atoms with Gasteiger partial charge in [0.05, 0.1) is 13.0 Å². The largest absolute Gasteiger partial charge is 0.497 e. The van der Waals surface area contributed by atoms with Gasteiger partial charge in [-0.2, -0.15) is 0 Å². The molecular weight excluding hydrogens is 204 g/mol. The molecular formula is C13H16O3. The molecule has 1 aliphatic carbocycles. The summed E-state index contributed by atoms with van der Waals surface area (Å²) in [6.07, 6.45) is 1.55. The van der Waals surface area contributed by atoms with Crippen LogP contribution in [-0.4, -0.2) is 18.2 Å². The first-order chi connectivity index (χ1) is 7.63. The summed E-state index contributed by atoms with van der Waals surface area (Å²) >= 11 is 0. The fourth-order valence-electron chi connectivity index (χ4n) is 2.48. The average molecular weight is 220 g/mol. The molecule has 0 amide bonds. The molecule has 3 nitrogen and oxygen atoms in total. The highest BCUT2D eigenvalue weighted by atomic mass is 16.5. The van der Waals surface area contributed by atoms with Crippen LogP contribution in [0.15, 0.2) is 18.2 Å². The van der Waals surface area contributed by atoms with Gasteiger partial charge in [0, 0.05) is 0 Å². The molecule has 1 aromatic carbocycles. The molecule has 3 heteroatoms. The van der Waals surface area contributed by atoms with Crippen LogP contribution in [0.4, 0.5) is 0 Å². The number of rotatable bonds is 2. The number of aryl methyl sites for hydroxylation is 1. The summed E-state index contributed by atoms with van der Waals surface area (Å²) in [6.45, 7) is 1.99. The Morgan fingerprint density at radius 1 is 1.50 bits per heavy atom. The molecule has 0 saturated heterocycles. The lowest BCUT2D eigenvalue weighted by atomic mass is 9.76. The smallest absolute Gasteiger partial charge is 0.307 e. The SMILES string of the molecule is COc1ccc2c(c1)CCC(C(=O)O)C2C. The summed E-state index contributed by atoms with van der Waals surface area (Å²) in [5.74, 6) is 0.00161. The van der Waals surface area contributed by atoms with Gasteiger partial charge >= 0.3 is 5.97 Å². The minimum absolute atomic E-state index is 0.0900. The minimum Gasteiger partial charge on any atom is -0.497 e. The second-order valence-corrected chi connectivity index (χ2v) is 4.34. The Labute approximate surface area is 95.0 Å². The van der Waals surface area contributed by atoms with Gasteiger partial charge < -0.3 is 9.84 Å². The Balaban J connectivity index is 2.35. The highest BCUT2D eigenvalue weighted by Crippen LogP contribution is 2.37. The van der Waals surface area contributed by atoms with E-state index in [0.717, 1.165) is 24.2 Å². The zero-order chi connectivity index (χ0) is 11.7. The molecule has 0 fully saturated rings. The summed E-state index contributed by atoms with van der Waals surface area (Å²) in [4.78, 5) is 11.1. The topological polar surface area (TPSA) is 46.5 Å². The van der Waals surface area contributed by atoms with Crippen molar-refractivity contribution in [3.05, 3.63) is 29.3 Å². The van der Waals surface area contributed by atoms with Gasteiger partial charge in [-0.3, -0.25) is 4.79 Å². The summed E-state index contributed by atoms with van der Waals surface area (Å²) in [7, 11) is 1.65. The van der Waals surface area contributed by atoms with Crippen molar-refractivity contribution in [3.8, 4) is 5.75 Å². The maximum Gasteiger partial charge on any atom is 0.307 e. The predicted octanol–water partition coefficient (Wildman–Crippen LogP) is 2.45. The van der Waals surface area contributed by atoms with Crippen LogP contribution in [0.2, 0.25) is 0 Å². The van der Waals surface area contributed by atoms with E-state index in [0.29, 0.717) is 0 Å². The van der Waals surface area contributed by atoms with Crippen LogP contribution in [0.3, 0.4) is 0 Å². The second-order valence-electron chi connectivity index (χ2n) is 4.34. The molecule has 1 aliphatic rings. The Bertz CT molecular complexity index is 412. The molecule has 1 N–H and O–H groups in total.